The van der Waals surface area contributed by atoms with E-state index in [4.69, 9.17) is 0 Å². The molecule has 4 heteroatoms. The molecule has 3 atom stereocenters. The number of piperidine rings is 1. The summed E-state index contributed by atoms with van der Waals surface area (Å²) in [7, 11) is 0. The van der Waals surface area contributed by atoms with Gasteiger partial charge in [-0.3, -0.25) is 4.79 Å². The van der Waals surface area contributed by atoms with E-state index >= 15 is 0 Å². The molecular weight excluding hydrogens is 280 g/mol. The first kappa shape index (κ1) is 15.0. The summed E-state index contributed by atoms with van der Waals surface area (Å²) < 4.78 is 0. The van der Waals surface area contributed by atoms with Crippen LogP contribution in [0.2, 0.25) is 0 Å². The van der Waals surface area contributed by atoms with Crippen molar-refractivity contribution in [3.63, 3.8) is 0 Å². The van der Waals surface area contributed by atoms with Crippen LogP contribution in [0.15, 0.2) is 11.4 Å². The lowest BCUT2D eigenvalue weighted by Gasteiger charge is -2.29. The average molecular weight is 306 g/mol. The van der Waals surface area contributed by atoms with Gasteiger partial charge < -0.3 is 10.6 Å². The molecule has 2 heterocycles. The van der Waals surface area contributed by atoms with Crippen LogP contribution in [0.25, 0.3) is 0 Å². The SMILES string of the molecule is CC(CC(=O)NC1CCCc2sccc21)C1CCCNC1. The number of nitrogens with one attached hydrogen (secondary N) is 2. The Balaban J connectivity index is 1.53. The van der Waals surface area contributed by atoms with Gasteiger partial charge in [0.2, 0.25) is 5.91 Å². The summed E-state index contributed by atoms with van der Waals surface area (Å²) >= 11 is 1.83. The standard InChI is InChI=1S/C17H26N2OS/c1-12(13-4-3-8-18-11-13)10-17(20)19-15-5-2-6-16-14(15)7-9-21-16/h7,9,12-13,15,18H,2-6,8,10-11H2,1H3,(H,19,20). The summed E-state index contributed by atoms with van der Waals surface area (Å²) in [5.41, 5.74) is 1.37. The van der Waals surface area contributed by atoms with E-state index in [1.807, 2.05) is 11.3 Å². The summed E-state index contributed by atoms with van der Waals surface area (Å²) in [6.45, 7) is 4.44. The number of hydrogen-bond acceptors (Lipinski definition) is 3. The van der Waals surface area contributed by atoms with E-state index < -0.39 is 0 Å². The summed E-state index contributed by atoms with van der Waals surface area (Å²) in [5, 5.41) is 8.89. The maximum atomic E-state index is 12.4. The largest absolute Gasteiger partial charge is 0.349 e. The zero-order valence-electron chi connectivity index (χ0n) is 12.9. The number of amides is 1. The Morgan fingerprint density at radius 3 is 3.19 bits per heavy atom. The highest BCUT2D eigenvalue weighted by molar-refractivity contribution is 7.10. The fraction of sp³-hybridized carbons (Fsp3) is 0.706. The van der Waals surface area contributed by atoms with Gasteiger partial charge >= 0.3 is 0 Å². The summed E-state index contributed by atoms with van der Waals surface area (Å²) in [6, 6.07) is 2.45. The van der Waals surface area contributed by atoms with Gasteiger partial charge in [-0.25, -0.2) is 0 Å². The lowest BCUT2D eigenvalue weighted by Crippen LogP contribution is -2.36. The Bertz CT molecular complexity index is 479. The number of carbonyl (C=O) groups is 1. The molecule has 21 heavy (non-hydrogen) atoms. The van der Waals surface area contributed by atoms with Crippen molar-refractivity contribution in [3.05, 3.63) is 21.9 Å². The molecule has 1 saturated heterocycles. The number of rotatable bonds is 4. The van der Waals surface area contributed by atoms with Gasteiger partial charge in [-0.15, -0.1) is 11.3 Å². The highest BCUT2D eigenvalue weighted by Gasteiger charge is 2.25. The number of thiophene rings is 1. The molecule has 0 spiro atoms. The van der Waals surface area contributed by atoms with E-state index in [9.17, 15) is 4.79 Å². The third-order valence-electron chi connectivity index (χ3n) is 5.03. The van der Waals surface area contributed by atoms with Crippen molar-refractivity contribution in [1.29, 1.82) is 0 Å². The Morgan fingerprint density at radius 2 is 2.38 bits per heavy atom. The maximum absolute atomic E-state index is 12.4. The van der Waals surface area contributed by atoms with E-state index in [2.05, 4.69) is 29.0 Å². The van der Waals surface area contributed by atoms with Gasteiger partial charge in [0.15, 0.2) is 0 Å². The van der Waals surface area contributed by atoms with E-state index in [-0.39, 0.29) is 11.9 Å². The third kappa shape index (κ3) is 3.67. The monoisotopic (exact) mass is 306 g/mol. The van der Waals surface area contributed by atoms with E-state index in [0.717, 1.165) is 19.5 Å². The summed E-state index contributed by atoms with van der Waals surface area (Å²) in [4.78, 5) is 13.8. The van der Waals surface area contributed by atoms with Crippen molar-refractivity contribution in [1.82, 2.24) is 10.6 Å². The fourth-order valence-corrected chi connectivity index (χ4v) is 4.70. The minimum atomic E-state index is 0.233. The molecule has 116 valence electrons. The predicted octanol–water partition coefficient (Wildman–Crippen LogP) is 3.27. The second-order valence-electron chi connectivity index (χ2n) is 6.60. The summed E-state index contributed by atoms with van der Waals surface area (Å²) in [6.07, 6.45) is 6.65. The number of hydrogen-bond donors (Lipinski definition) is 2. The van der Waals surface area contributed by atoms with Crippen LogP contribution in [-0.4, -0.2) is 19.0 Å². The highest BCUT2D eigenvalue weighted by atomic mass is 32.1. The topological polar surface area (TPSA) is 41.1 Å². The van der Waals surface area contributed by atoms with Crippen LogP contribution in [0.1, 0.15) is 55.5 Å². The molecule has 0 aromatic carbocycles. The molecule has 2 N–H and O–H groups in total. The molecule has 3 nitrogen and oxygen atoms in total. The molecule has 0 radical (unpaired) electrons. The normalized spacial score (nSPS) is 26.9. The molecule has 1 amide bonds. The number of fused-ring (bicyclic) bond motifs is 1. The molecule has 1 aliphatic heterocycles. The first-order valence-corrected chi connectivity index (χ1v) is 9.18. The molecule has 1 aromatic heterocycles. The van der Waals surface area contributed by atoms with Gasteiger partial charge in [-0.05, 0) is 74.0 Å². The van der Waals surface area contributed by atoms with Gasteiger partial charge in [0.05, 0.1) is 6.04 Å². The Labute approximate surface area is 131 Å². The number of aryl methyl sites for hydroxylation is 1. The molecule has 1 aromatic rings. The zero-order valence-corrected chi connectivity index (χ0v) is 13.7. The van der Waals surface area contributed by atoms with Gasteiger partial charge in [0, 0.05) is 11.3 Å². The molecule has 1 aliphatic carbocycles. The van der Waals surface area contributed by atoms with Crippen LogP contribution in [0.5, 0.6) is 0 Å². The molecule has 3 unspecified atom stereocenters. The van der Waals surface area contributed by atoms with Crippen molar-refractivity contribution in [3.8, 4) is 0 Å². The van der Waals surface area contributed by atoms with Crippen molar-refractivity contribution < 1.29 is 4.79 Å². The minimum Gasteiger partial charge on any atom is -0.349 e. The zero-order chi connectivity index (χ0) is 14.7. The average Bonchev–Trinajstić information content (AvgIpc) is 2.97. The third-order valence-corrected chi connectivity index (χ3v) is 6.03. The molecule has 1 fully saturated rings. The van der Waals surface area contributed by atoms with Crippen LogP contribution in [0.4, 0.5) is 0 Å². The van der Waals surface area contributed by atoms with Crippen molar-refractivity contribution >= 4 is 17.2 Å². The smallest absolute Gasteiger partial charge is 0.220 e. The summed E-state index contributed by atoms with van der Waals surface area (Å²) in [5.74, 6) is 1.37. The van der Waals surface area contributed by atoms with Crippen LogP contribution >= 0.6 is 11.3 Å². The quantitative estimate of drug-likeness (QED) is 0.896. The predicted molar refractivity (Wildman–Crippen MR) is 87.5 cm³/mol. The Morgan fingerprint density at radius 1 is 1.48 bits per heavy atom. The first-order chi connectivity index (χ1) is 10.2. The molecule has 0 bridgehead atoms. The second-order valence-corrected chi connectivity index (χ2v) is 7.60. The highest BCUT2D eigenvalue weighted by Crippen LogP contribution is 2.33. The second kappa shape index (κ2) is 6.93. The number of carbonyl (C=O) groups excluding carboxylic acids is 1. The van der Waals surface area contributed by atoms with Crippen molar-refractivity contribution in [2.45, 2.75) is 51.5 Å². The fourth-order valence-electron chi connectivity index (χ4n) is 3.71. The van der Waals surface area contributed by atoms with Gasteiger partial charge in [0.25, 0.3) is 0 Å². The van der Waals surface area contributed by atoms with Crippen LogP contribution < -0.4 is 10.6 Å². The molecule has 2 aliphatic rings. The molecular formula is C17H26N2OS. The van der Waals surface area contributed by atoms with Gasteiger partial charge in [-0.1, -0.05) is 6.92 Å². The Hall–Kier alpha value is -0.870. The van der Waals surface area contributed by atoms with Gasteiger partial charge in [0.1, 0.15) is 0 Å². The van der Waals surface area contributed by atoms with Gasteiger partial charge in [-0.2, -0.15) is 0 Å². The van der Waals surface area contributed by atoms with Crippen LogP contribution in [0.3, 0.4) is 0 Å². The Kier molecular flexibility index (Phi) is 4.96. The van der Waals surface area contributed by atoms with Crippen molar-refractivity contribution in [2.75, 3.05) is 13.1 Å². The maximum Gasteiger partial charge on any atom is 0.220 e. The van der Waals surface area contributed by atoms with E-state index in [1.54, 1.807) is 0 Å². The minimum absolute atomic E-state index is 0.233. The molecule has 0 saturated carbocycles. The van der Waals surface area contributed by atoms with Crippen molar-refractivity contribution in [2.24, 2.45) is 11.8 Å². The first-order valence-electron chi connectivity index (χ1n) is 8.30. The van der Waals surface area contributed by atoms with E-state index in [1.165, 1.54) is 36.1 Å². The molecule has 3 rings (SSSR count). The van der Waals surface area contributed by atoms with Crippen LogP contribution in [0, 0.1) is 11.8 Å². The lowest BCUT2D eigenvalue weighted by atomic mass is 9.85. The van der Waals surface area contributed by atoms with E-state index in [0.29, 0.717) is 18.3 Å². The lowest BCUT2D eigenvalue weighted by molar-refractivity contribution is -0.123. The van der Waals surface area contributed by atoms with Crippen LogP contribution in [-0.2, 0) is 11.2 Å².